The number of benzene rings is 2. The molecule has 0 unspecified atom stereocenters. The molecule has 0 saturated carbocycles. The molecule has 1 heterocycles. The Morgan fingerprint density at radius 1 is 1.29 bits per heavy atom. The summed E-state index contributed by atoms with van der Waals surface area (Å²) in [5.41, 5.74) is 1.37. The van der Waals surface area contributed by atoms with Crippen molar-refractivity contribution in [3.05, 3.63) is 48.5 Å². The lowest BCUT2D eigenvalue weighted by molar-refractivity contribution is 0.186. The molecule has 3 aromatic rings. The van der Waals surface area contributed by atoms with E-state index in [2.05, 4.69) is 20.0 Å². The van der Waals surface area contributed by atoms with E-state index in [9.17, 15) is 4.79 Å². The van der Waals surface area contributed by atoms with Crippen LogP contribution < -0.4 is 5.32 Å². The van der Waals surface area contributed by atoms with E-state index in [1.54, 1.807) is 11.8 Å². The van der Waals surface area contributed by atoms with Gasteiger partial charge >= 0.3 is 6.09 Å². The molecule has 0 spiro atoms. The Bertz CT molecular complexity index is 865. The summed E-state index contributed by atoms with van der Waals surface area (Å²) in [6, 6.07) is 15.6. The molecule has 0 fully saturated rings. The number of aromatic amines is 1. The monoisotopic (exact) mass is 302 g/mol. The van der Waals surface area contributed by atoms with Gasteiger partial charge in [-0.15, -0.1) is 0 Å². The molecule has 0 saturated heterocycles. The number of methoxy groups -OCH3 is 1. The van der Waals surface area contributed by atoms with Gasteiger partial charge in [0.25, 0.3) is 0 Å². The lowest BCUT2D eigenvalue weighted by Crippen LogP contribution is -2.11. The van der Waals surface area contributed by atoms with Crippen LogP contribution in [0.25, 0.3) is 11.0 Å². The molecule has 5 nitrogen and oxygen atoms in total. The van der Waals surface area contributed by atoms with Crippen molar-refractivity contribution in [2.24, 2.45) is 0 Å². The van der Waals surface area contributed by atoms with Crippen LogP contribution in [0.4, 0.5) is 10.7 Å². The van der Waals surface area contributed by atoms with Gasteiger partial charge in [0.1, 0.15) is 0 Å². The number of aromatic nitrogens is 2. The molecule has 1 aromatic heterocycles. The Kier molecular flexibility index (Phi) is 2.88. The van der Waals surface area contributed by atoms with Crippen molar-refractivity contribution in [1.82, 2.24) is 9.97 Å². The number of hydrogen-bond acceptors (Lipinski definition) is 4. The average Bonchev–Trinajstić information content (AvgIpc) is 2.87. The second-order valence-corrected chi connectivity index (χ2v) is 5.34. The lowest BCUT2D eigenvalue weighted by Gasteiger charge is -2.00. The zero-order valence-electron chi connectivity index (χ0n) is 13.8. The highest BCUT2D eigenvalue weighted by atomic mass is 32.2. The van der Waals surface area contributed by atoms with E-state index in [1.807, 2.05) is 48.5 Å². The molecule has 2 aromatic carbocycles. The SMILES string of the molecule is [2H]C([2H])([2H])OC(=O)Nc1nc2ccc(Sc3ccccc3)cc2[nH]1. The Morgan fingerprint density at radius 3 is 2.95 bits per heavy atom. The molecule has 6 heteroatoms. The van der Waals surface area contributed by atoms with Crippen molar-refractivity contribution in [2.45, 2.75) is 9.79 Å². The van der Waals surface area contributed by atoms with Crippen molar-refractivity contribution >= 4 is 34.8 Å². The summed E-state index contributed by atoms with van der Waals surface area (Å²) in [6.07, 6.45) is -1.09. The highest BCUT2D eigenvalue weighted by Gasteiger charge is 2.07. The largest absolute Gasteiger partial charge is 0.453 e. The lowest BCUT2D eigenvalue weighted by atomic mass is 10.3. The summed E-state index contributed by atoms with van der Waals surface area (Å²) in [5, 5.41) is 2.26. The van der Waals surface area contributed by atoms with Gasteiger partial charge in [-0.3, -0.25) is 5.32 Å². The van der Waals surface area contributed by atoms with Crippen LogP contribution in [-0.4, -0.2) is 23.1 Å². The third-order valence-electron chi connectivity index (χ3n) is 2.75. The minimum absolute atomic E-state index is 0.126. The van der Waals surface area contributed by atoms with Crippen molar-refractivity contribution in [1.29, 1.82) is 0 Å². The number of anilines is 1. The van der Waals surface area contributed by atoms with Crippen LogP contribution in [0.5, 0.6) is 0 Å². The van der Waals surface area contributed by atoms with Gasteiger partial charge in [0.15, 0.2) is 0 Å². The summed E-state index contributed by atoms with van der Waals surface area (Å²) < 4.78 is 24.9. The van der Waals surface area contributed by atoms with Gasteiger partial charge in [-0.1, -0.05) is 30.0 Å². The first-order chi connectivity index (χ1) is 11.4. The zero-order chi connectivity index (χ0) is 17.2. The van der Waals surface area contributed by atoms with Crippen LogP contribution in [0.15, 0.2) is 58.3 Å². The minimum atomic E-state index is -2.80. The van der Waals surface area contributed by atoms with Gasteiger partial charge in [-0.05, 0) is 30.3 Å². The number of H-pyrrole nitrogens is 1. The van der Waals surface area contributed by atoms with Crippen LogP contribution >= 0.6 is 11.8 Å². The number of nitrogens with one attached hydrogen (secondary N) is 2. The number of hydrogen-bond donors (Lipinski definition) is 2. The van der Waals surface area contributed by atoms with E-state index in [0.717, 1.165) is 15.3 Å². The van der Waals surface area contributed by atoms with E-state index < -0.39 is 13.1 Å². The van der Waals surface area contributed by atoms with Crippen molar-refractivity contribution in [2.75, 3.05) is 12.4 Å². The molecule has 3 rings (SSSR count). The Hall–Kier alpha value is -2.47. The van der Waals surface area contributed by atoms with Crippen LogP contribution in [0.3, 0.4) is 0 Å². The van der Waals surface area contributed by atoms with Crippen LogP contribution in [0, 0.1) is 0 Å². The minimum Gasteiger partial charge on any atom is -0.453 e. The van der Waals surface area contributed by atoms with Crippen LogP contribution in [0.1, 0.15) is 4.11 Å². The fraction of sp³-hybridized carbons (Fsp3) is 0.0667. The number of carbonyl (C=O) groups excluding carboxylic acids is 1. The first kappa shape index (κ1) is 10.3. The first-order valence-corrected chi connectivity index (χ1v) is 6.93. The van der Waals surface area contributed by atoms with Crippen LogP contribution in [-0.2, 0) is 4.74 Å². The Labute approximate surface area is 129 Å². The van der Waals surface area contributed by atoms with E-state index in [-0.39, 0.29) is 5.95 Å². The summed E-state index contributed by atoms with van der Waals surface area (Å²) >= 11 is 1.60. The average molecular weight is 302 g/mol. The molecule has 1 amide bonds. The maximum absolute atomic E-state index is 11.5. The fourth-order valence-electron chi connectivity index (χ4n) is 1.86. The van der Waals surface area contributed by atoms with Gasteiger partial charge < -0.3 is 9.72 Å². The maximum Gasteiger partial charge on any atom is 0.413 e. The molecule has 0 atom stereocenters. The highest BCUT2D eigenvalue weighted by Crippen LogP contribution is 2.29. The van der Waals surface area contributed by atoms with Gasteiger partial charge in [0, 0.05) is 9.79 Å². The highest BCUT2D eigenvalue weighted by molar-refractivity contribution is 7.99. The van der Waals surface area contributed by atoms with Gasteiger partial charge in [0.05, 0.1) is 22.2 Å². The second-order valence-electron chi connectivity index (χ2n) is 4.19. The van der Waals surface area contributed by atoms with E-state index in [0.29, 0.717) is 5.52 Å². The summed E-state index contributed by atoms with van der Waals surface area (Å²) in [6.45, 7) is 0. The summed E-state index contributed by atoms with van der Waals surface area (Å²) in [4.78, 5) is 20.7. The fourth-order valence-corrected chi connectivity index (χ4v) is 2.74. The topological polar surface area (TPSA) is 67.0 Å². The van der Waals surface area contributed by atoms with E-state index in [4.69, 9.17) is 4.11 Å². The van der Waals surface area contributed by atoms with Crippen molar-refractivity contribution in [3.63, 3.8) is 0 Å². The summed E-state index contributed by atoms with van der Waals surface area (Å²) in [7, 11) is -2.80. The number of carbonyl (C=O) groups is 1. The number of rotatable bonds is 3. The molecule has 0 bridgehead atoms. The first-order valence-electron chi connectivity index (χ1n) is 7.62. The number of fused-ring (bicyclic) bond motifs is 1. The molecule has 2 N–H and O–H groups in total. The van der Waals surface area contributed by atoms with Gasteiger partial charge in [-0.25, -0.2) is 9.78 Å². The molecule has 21 heavy (non-hydrogen) atoms. The molecule has 106 valence electrons. The second kappa shape index (κ2) is 5.88. The standard InChI is InChI=1S/C15H13N3O2S/c1-20-15(19)18-14-16-12-8-7-11(9-13(12)17-14)21-10-5-3-2-4-6-10/h2-9H,1H3,(H2,16,17,18,19)/i1D3. The molecular weight excluding hydrogens is 286 g/mol. The molecule has 0 aliphatic heterocycles. The predicted molar refractivity (Wildman–Crippen MR) is 82.7 cm³/mol. The Morgan fingerprint density at radius 2 is 2.14 bits per heavy atom. The molecule has 0 aliphatic carbocycles. The molecule has 0 aliphatic rings. The maximum atomic E-state index is 11.5. The smallest absolute Gasteiger partial charge is 0.413 e. The van der Waals surface area contributed by atoms with Crippen LogP contribution in [0.2, 0.25) is 0 Å². The van der Waals surface area contributed by atoms with Gasteiger partial charge in [-0.2, -0.15) is 0 Å². The number of ether oxygens (including phenoxy) is 1. The van der Waals surface area contributed by atoms with E-state index in [1.165, 1.54) is 0 Å². The Balaban J connectivity index is 1.75. The predicted octanol–water partition coefficient (Wildman–Crippen LogP) is 3.89. The van der Waals surface area contributed by atoms with Crippen molar-refractivity contribution in [3.8, 4) is 0 Å². The zero-order valence-corrected chi connectivity index (χ0v) is 11.6. The van der Waals surface area contributed by atoms with E-state index >= 15 is 0 Å². The summed E-state index contributed by atoms with van der Waals surface area (Å²) in [5.74, 6) is 0.126. The van der Waals surface area contributed by atoms with Crippen molar-refractivity contribution < 1.29 is 13.6 Å². The molecule has 0 radical (unpaired) electrons. The number of amides is 1. The number of nitrogens with zero attached hydrogens (tertiary/aromatic N) is 1. The van der Waals surface area contributed by atoms with Gasteiger partial charge in [0.2, 0.25) is 5.95 Å². The third kappa shape index (κ3) is 3.17. The normalized spacial score (nSPS) is 13.2. The third-order valence-corrected chi connectivity index (χ3v) is 3.74. The molecular formula is C15H13N3O2S. The quantitative estimate of drug-likeness (QED) is 0.770. The number of imidazole rings is 1.